The van der Waals surface area contributed by atoms with E-state index < -0.39 is 12.8 Å². The van der Waals surface area contributed by atoms with Crippen molar-refractivity contribution in [2.45, 2.75) is 6.92 Å². The van der Waals surface area contributed by atoms with E-state index in [9.17, 15) is 0 Å². The molecule has 0 unspecified atom stereocenters. The fraction of sp³-hybridized carbons (Fsp3) is 0.167. The molecule has 0 N–H and O–H groups in total. The fourth-order valence-corrected chi connectivity index (χ4v) is 0.470. The van der Waals surface area contributed by atoms with Crippen LogP contribution in [0.2, 0.25) is 0 Å². The first-order valence-corrected chi connectivity index (χ1v) is 14.1. The zero-order chi connectivity index (χ0) is 8.91. The van der Waals surface area contributed by atoms with Gasteiger partial charge in [-0.2, -0.15) is 0 Å². The zero-order valence-corrected chi connectivity index (χ0v) is 11.0. The van der Waals surface area contributed by atoms with E-state index >= 15 is 0 Å². The summed E-state index contributed by atoms with van der Waals surface area (Å²) in [4.78, 5) is 0. The summed E-state index contributed by atoms with van der Waals surface area (Å²) in [5.41, 5.74) is 0. The summed E-state index contributed by atoms with van der Waals surface area (Å²) in [6.07, 6.45) is 8.24. The van der Waals surface area contributed by atoms with Crippen molar-refractivity contribution in [1.29, 1.82) is 0 Å². The number of halogens is 4. The Balaban J connectivity index is 0.000000187. The number of hydrogen-bond acceptors (Lipinski definition) is 0. The summed E-state index contributed by atoms with van der Waals surface area (Å²) in [5, 5.41) is 0. The Bertz CT molecular complexity index is 89.2. The summed E-state index contributed by atoms with van der Waals surface area (Å²) >= 11 is -3.21. The summed E-state index contributed by atoms with van der Waals surface area (Å²) in [7, 11) is 20.1. The van der Waals surface area contributed by atoms with Crippen molar-refractivity contribution >= 4 is 36.8 Å². The van der Waals surface area contributed by atoms with Crippen LogP contribution in [-0.2, 0) is 12.8 Å². The standard InChI is InChI=1S/C6H7.4ClH.Nb/c1-6-4-2-3-5-6;;;;;/h2-5H,1H3;4*1H;/q;;;;;+4/p-4. The Morgan fingerprint density at radius 1 is 1.00 bits per heavy atom. The summed E-state index contributed by atoms with van der Waals surface area (Å²) in [5.74, 6) is 1.34. The molecule has 0 aromatic rings. The average Bonchev–Trinajstić information content (AvgIpc) is 2.12. The second-order valence-electron chi connectivity index (χ2n) is 1.85. The minimum absolute atomic E-state index is 1.34. The van der Waals surface area contributed by atoms with E-state index in [0.29, 0.717) is 0 Å². The van der Waals surface area contributed by atoms with Crippen molar-refractivity contribution in [3.05, 3.63) is 31.6 Å². The summed E-state index contributed by atoms with van der Waals surface area (Å²) < 4.78 is 0. The molecular weight excluding hydrogens is 307 g/mol. The molecule has 0 aromatic carbocycles. The van der Waals surface area contributed by atoms with Gasteiger partial charge in [0.2, 0.25) is 0 Å². The van der Waals surface area contributed by atoms with Crippen LogP contribution in [0.25, 0.3) is 0 Å². The number of hydrogen-bond donors (Lipinski definition) is 0. The van der Waals surface area contributed by atoms with Crippen molar-refractivity contribution in [2.75, 3.05) is 0 Å². The van der Waals surface area contributed by atoms with Gasteiger partial charge in [-0.3, -0.25) is 0 Å². The van der Waals surface area contributed by atoms with Crippen LogP contribution < -0.4 is 0 Å². The molecule has 0 nitrogen and oxygen atoms in total. The molecule has 0 atom stereocenters. The van der Waals surface area contributed by atoms with E-state index in [2.05, 4.69) is 19.8 Å². The topological polar surface area (TPSA) is 0 Å². The molecule has 11 heavy (non-hydrogen) atoms. The first kappa shape index (κ1) is 12.9. The average molecular weight is 314 g/mol. The van der Waals surface area contributed by atoms with Crippen LogP contribution in [-0.4, -0.2) is 0 Å². The number of rotatable bonds is 0. The molecule has 1 saturated carbocycles. The van der Waals surface area contributed by atoms with Gasteiger partial charge in [0, 0.05) is 0 Å². The molecule has 0 heterocycles. The van der Waals surface area contributed by atoms with E-state index in [-0.39, 0.29) is 0 Å². The van der Waals surface area contributed by atoms with Gasteiger partial charge in [-0.05, 0) is 31.6 Å². The Hall–Kier alpha value is 1.90. The maximum atomic E-state index is 5.03. The first-order valence-electron chi connectivity index (χ1n) is 2.75. The van der Waals surface area contributed by atoms with Crippen molar-refractivity contribution in [3.63, 3.8) is 0 Å². The maximum absolute atomic E-state index is 5.03. The van der Waals surface area contributed by atoms with E-state index in [1.807, 2.05) is 12.8 Å². The Labute approximate surface area is 87.4 Å². The molecule has 1 fully saturated rings. The van der Waals surface area contributed by atoms with Crippen LogP contribution in [0, 0.1) is 31.6 Å². The molecule has 64 valence electrons. The molecule has 1 aliphatic carbocycles. The fourth-order valence-electron chi connectivity index (χ4n) is 0.470. The molecule has 5 radical (unpaired) electrons. The molecule has 0 bridgehead atoms. The molecule has 0 amide bonds. The van der Waals surface area contributed by atoms with Gasteiger partial charge >= 0.3 is 49.6 Å². The van der Waals surface area contributed by atoms with Crippen molar-refractivity contribution in [2.24, 2.45) is 0 Å². The van der Waals surface area contributed by atoms with Crippen LogP contribution in [0.1, 0.15) is 6.92 Å². The normalized spacial score (nSPS) is 19.4. The van der Waals surface area contributed by atoms with Gasteiger partial charge in [0.25, 0.3) is 0 Å². The predicted octanol–water partition coefficient (Wildman–Crippen LogP) is 4.17. The third-order valence-corrected chi connectivity index (χ3v) is 0.829. The van der Waals surface area contributed by atoms with Crippen LogP contribution in [0.3, 0.4) is 0 Å². The second-order valence-corrected chi connectivity index (χ2v) is 21.9. The molecule has 0 aliphatic heterocycles. The van der Waals surface area contributed by atoms with Crippen LogP contribution >= 0.6 is 36.8 Å². The van der Waals surface area contributed by atoms with Crippen molar-refractivity contribution in [1.82, 2.24) is 0 Å². The predicted molar refractivity (Wildman–Crippen MR) is 49.5 cm³/mol. The molecule has 1 aliphatic rings. The molecule has 5 heteroatoms. The van der Waals surface area contributed by atoms with Gasteiger partial charge in [-0.1, -0.05) is 6.92 Å². The van der Waals surface area contributed by atoms with E-state index in [4.69, 9.17) is 36.8 Å². The monoisotopic (exact) mass is 312 g/mol. The first-order chi connectivity index (χ1) is 4.89. The SMILES string of the molecule is C[C]1[CH][CH][CH][CH]1.[Cl][Nb]([Cl])([Cl])[Cl]. The molecular formula is C6H7Cl4Nb. The van der Waals surface area contributed by atoms with Gasteiger partial charge in [0.05, 0.1) is 0 Å². The Kier molecular flexibility index (Phi) is 7.47. The van der Waals surface area contributed by atoms with Crippen LogP contribution in [0.4, 0.5) is 0 Å². The molecule has 0 aromatic heterocycles. The third-order valence-electron chi connectivity index (χ3n) is 0.829. The van der Waals surface area contributed by atoms with E-state index in [1.165, 1.54) is 5.92 Å². The Morgan fingerprint density at radius 2 is 1.27 bits per heavy atom. The molecule has 1 rings (SSSR count). The van der Waals surface area contributed by atoms with Gasteiger partial charge in [-0.25, -0.2) is 0 Å². The Morgan fingerprint density at radius 3 is 1.36 bits per heavy atom. The van der Waals surface area contributed by atoms with Gasteiger partial charge in [0.15, 0.2) is 0 Å². The van der Waals surface area contributed by atoms with E-state index in [0.717, 1.165) is 0 Å². The molecule has 0 spiro atoms. The third kappa shape index (κ3) is 14.7. The van der Waals surface area contributed by atoms with Gasteiger partial charge in [0.1, 0.15) is 0 Å². The van der Waals surface area contributed by atoms with Gasteiger partial charge in [-0.15, -0.1) is 0 Å². The van der Waals surface area contributed by atoms with Crippen molar-refractivity contribution in [3.8, 4) is 0 Å². The quantitative estimate of drug-likeness (QED) is 0.589. The molecule has 0 saturated heterocycles. The van der Waals surface area contributed by atoms with Crippen LogP contribution in [0.15, 0.2) is 0 Å². The zero-order valence-electron chi connectivity index (χ0n) is 5.77. The summed E-state index contributed by atoms with van der Waals surface area (Å²) in [6, 6.07) is 0. The van der Waals surface area contributed by atoms with Gasteiger partial charge < -0.3 is 0 Å². The van der Waals surface area contributed by atoms with Crippen LogP contribution in [0.5, 0.6) is 0 Å². The van der Waals surface area contributed by atoms with Crippen molar-refractivity contribution < 1.29 is 12.8 Å². The second kappa shape index (κ2) is 6.37. The minimum atomic E-state index is -3.21. The summed E-state index contributed by atoms with van der Waals surface area (Å²) in [6.45, 7) is 2.08. The van der Waals surface area contributed by atoms with E-state index in [1.54, 1.807) is 0 Å².